The number of non-ortho nitro benzene ring substituents is 1. The van der Waals surface area contributed by atoms with E-state index in [1.165, 1.54) is 35.2 Å². The van der Waals surface area contributed by atoms with Crippen LogP contribution in [-0.2, 0) is 9.53 Å². The van der Waals surface area contributed by atoms with Gasteiger partial charge < -0.3 is 15.0 Å². The quantitative estimate of drug-likeness (QED) is 0.378. The summed E-state index contributed by atoms with van der Waals surface area (Å²) < 4.78 is 5.18. The zero-order chi connectivity index (χ0) is 22.0. The number of carbonyl (C=O) groups is 2. The van der Waals surface area contributed by atoms with Crippen LogP contribution in [0.5, 0.6) is 0 Å². The van der Waals surface area contributed by atoms with Gasteiger partial charge in [-0.2, -0.15) is 0 Å². The van der Waals surface area contributed by atoms with E-state index >= 15 is 0 Å². The van der Waals surface area contributed by atoms with Gasteiger partial charge in [0.2, 0.25) is 5.91 Å². The monoisotopic (exact) mass is 458 g/mol. The summed E-state index contributed by atoms with van der Waals surface area (Å²) >= 11 is 2.68. The lowest BCUT2D eigenvalue weighted by Gasteiger charge is -2.16. The van der Waals surface area contributed by atoms with E-state index in [1.54, 1.807) is 24.4 Å². The molecule has 0 fully saturated rings. The Morgan fingerprint density at radius 3 is 3.00 bits per heavy atom. The van der Waals surface area contributed by atoms with E-state index in [-0.39, 0.29) is 30.2 Å². The lowest BCUT2D eigenvalue weighted by molar-refractivity contribution is -0.384. The number of amides is 1. The lowest BCUT2D eigenvalue weighted by atomic mass is 10.0. The molecule has 1 N–H and O–H groups in total. The van der Waals surface area contributed by atoms with Gasteiger partial charge in [0.1, 0.15) is 10.6 Å². The number of fused-ring (bicyclic) bond motifs is 1. The smallest absolute Gasteiger partial charge is 0.341 e. The molecule has 0 bridgehead atoms. The van der Waals surface area contributed by atoms with Crippen LogP contribution in [0.15, 0.2) is 45.7 Å². The molecule has 4 rings (SSSR count). The molecule has 1 amide bonds. The Balaban J connectivity index is 1.60. The molecule has 2 aliphatic heterocycles. The first-order valence-electron chi connectivity index (χ1n) is 9.49. The molecule has 2 aliphatic rings. The SMILES string of the molecule is CCOC(=O)c1c(-c2cccc([N+](=O)[O-])c2)csc1NC(=O)CC1=CSC2=NCCN12. The van der Waals surface area contributed by atoms with E-state index in [2.05, 4.69) is 10.3 Å². The molecule has 31 heavy (non-hydrogen) atoms. The van der Waals surface area contributed by atoms with Gasteiger partial charge in [0.15, 0.2) is 5.17 Å². The molecule has 0 saturated heterocycles. The first kappa shape index (κ1) is 21.1. The molecule has 160 valence electrons. The average molecular weight is 459 g/mol. The summed E-state index contributed by atoms with van der Waals surface area (Å²) in [4.78, 5) is 42.4. The number of esters is 1. The summed E-state index contributed by atoms with van der Waals surface area (Å²) in [6.07, 6.45) is 0.151. The highest BCUT2D eigenvalue weighted by Gasteiger charge is 2.29. The van der Waals surface area contributed by atoms with E-state index in [4.69, 9.17) is 4.74 Å². The van der Waals surface area contributed by atoms with Crippen LogP contribution in [0.1, 0.15) is 23.7 Å². The van der Waals surface area contributed by atoms with Gasteiger partial charge in [-0.3, -0.25) is 19.9 Å². The third-order valence-corrected chi connectivity index (χ3v) is 6.53. The normalized spacial score (nSPS) is 14.7. The van der Waals surface area contributed by atoms with Crippen molar-refractivity contribution in [3.8, 4) is 11.1 Å². The standard InChI is InChI=1S/C20H18N4O5S2/c1-2-29-19(26)17-15(12-4-3-5-13(8-12)24(27)28)11-30-18(17)22-16(25)9-14-10-31-20-21-6-7-23(14)20/h3-5,8,10-11H,2,6-7,9H2,1H3,(H,22,25). The van der Waals surface area contributed by atoms with Crippen molar-refractivity contribution < 1.29 is 19.2 Å². The van der Waals surface area contributed by atoms with Crippen LogP contribution >= 0.6 is 23.1 Å². The Bertz CT molecular complexity index is 1120. The second-order valence-corrected chi connectivity index (χ2v) is 8.37. The Kier molecular flexibility index (Phi) is 6.05. The number of carbonyl (C=O) groups excluding carboxylic acids is 2. The number of amidine groups is 1. The van der Waals surface area contributed by atoms with E-state index in [0.29, 0.717) is 22.7 Å². The number of hydrogen-bond donors (Lipinski definition) is 1. The molecule has 3 heterocycles. The van der Waals surface area contributed by atoms with E-state index in [0.717, 1.165) is 17.4 Å². The van der Waals surface area contributed by atoms with Gasteiger partial charge in [0.25, 0.3) is 5.69 Å². The molecule has 0 radical (unpaired) electrons. The fourth-order valence-electron chi connectivity index (χ4n) is 3.31. The molecule has 2 aromatic rings. The summed E-state index contributed by atoms with van der Waals surface area (Å²) in [6, 6.07) is 6.01. The number of thioether (sulfide) groups is 1. The maximum absolute atomic E-state index is 12.7. The van der Waals surface area contributed by atoms with Gasteiger partial charge in [0, 0.05) is 35.3 Å². The molecule has 1 aromatic heterocycles. The minimum atomic E-state index is -0.592. The number of nitro benzene ring substituents is 1. The van der Waals surface area contributed by atoms with Crippen molar-refractivity contribution in [3.05, 3.63) is 56.4 Å². The molecule has 0 atom stereocenters. The summed E-state index contributed by atoms with van der Waals surface area (Å²) in [5, 5.41) is 18.8. The van der Waals surface area contributed by atoms with Crippen LogP contribution in [0, 0.1) is 10.1 Å². The number of nitrogens with zero attached hydrogens (tertiary/aromatic N) is 3. The molecule has 0 saturated carbocycles. The Hall–Kier alpha value is -3.18. The topological polar surface area (TPSA) is 114 Å². The zero-order valence-corrected chi connectivity index (χ0v) is 18.1. The highest BCUT2D eigenvalue weighted by molar-refractivity contribution is 8.16. The minimum absolute atomic E-state index is 0.0853. The minimum Gasteiger partial charge on any atom is -0.462 e. The van der Waals surface area contributed by atoms with Crippen LogP contribution in [0.2, 0.25) is 0 Å². The molecular formula is C20H18N4O5S2. The second kappa shape index (κ2) is 8.90. The fraction of sp³-hybridized carbons (Fsp3) is 0.250. The number of anilines is 1. The van der Waals surface area contributed by atoms with Crippen LogP contribution in [0.3, 0.4) is 0 Å². The third-order valence-electron chi connectivity index (χ3n) is 4.68. The number of nitrogens with one attached hydrogen (secondary N) is 1. The molecular weight excluding hydrogens is 440 g/mol. The van der Waals surface area contributed by atoms with Gasteiger partial charge in [-0.1, -0.05) is 23.9 Å². The molecule has 0 unspecified atom stereocenters. The Morgan fingerprint density at radius 2 is 2.23 bits per heavy atom. The van der Waals surface area contributed by atoms with E-state index in [9.17, 15) is 19.7 Å². The van der Waals surface area contributed by atoms with Gasteiger partial charge in [-0.15, -0.1) is 11.3 Å². The largest absolute Gasteiger partial charge is 0.462 e. The maximum Gasteiger partial charge on any atom is 0.341 e. The molecule has 0 spiro atoms. The average Bonchev–Trinajstić information content (AvgIpc) is 3.45. The number of hydrogen-bond acceptors (Lipinski definition) is 9. The number of ether oxygens (including phenoxy) is 1. The summed E-state index contributed by atoms with van der Waals surface area (Å²) in [6.45, 7) is 3.32. The Morgan fingerprint density at radius 1 is 1.39 bits per heavy atom. The van der Waals surface area contributed by atoms with Crippen LogP contribution < -0.4 is 5.32 Å². The van der Waals surface area contributed by atoms with Crippen molar-refractivity contribution in [2.75, 3.05) is 25.0 Å². The lowest BCUT2D eigenvalue weighted by Crippen LogP contribution is -2.24. The summed E-state index contributed by atoms with van der Waals surface area (Å²) in [5.41, 5.74) is 1.96. The van der Waals surface area contributed by atoms with Crippen molar-refractivity contribution in [1.29, 1.82) is 0 Å². The molecule has 11 heteroatoms. The van der Waals surface area contributed by atoms with Crippen molar-refractivity contribution in [3.63, 3.8) is 0 Å². The predicted octanol–water partition coefficient (Wildman–Crippen LogP) is 4.09. The van der Waals surface area contributed by atoms with Gasteiger partial charge in [0.05, 0.1) is 24.5 Å². The number of thiophene rings is 1. The van der Waals surface area contributed by atoms with Crippen LogP contribution in [0.4, 0.5) is 10.7 Å². The highest BCUT2D eigenvalue weighted by Crippen LogP contribution is 2.38. The molecule has 0 aliphatic carbocycles. The number of benzene rings is 1. The number of aliphatic imine (C=N–C) groups is 1. The predicted molar refractivity (Wildman–Crippen MR) is 120 cm³/mol. The highest BCUT2D eigenvalue weighted by atomic mass is 32.2. The van der Waals surface area contributed by atoms with Crippen LogP contribution in [-0.4, -0.2) is 46.6 Å². The van der Waals surface area contributed by atoms with E-state index < -0.39 is 10.9 Å². The first-order chi connectivity index (χ1) is 15.0. The molecule has 1 aromatic carbocycles. The summed E-state index contributed by atoms with van der Waals surface area (Å²) in [7, 11) is 0. The van der Waals surface area contributed by atoms with Crippen molar-refractivity contribution >= 4 is 50.8 Å². The first-order valence-corrected chi connectivity index (χ1v) is 11.2. The van der Waals surface area contributed by atoms with E-state index in [1.807, 2.05) is 10.3 Å². The molecule has 9 nitrogen and oxygen atoms in total. The Labute approximate surface area is 185 Å². The zero-order valence-electron chi connectivity index (χ0n) is 16.5. The van der Waals surface area contributed by atoms with Gasteiger partial charge >= 0.3 is 5.97 Å². The fourth-order valence-corrected chi connectivity index (χ4v) is 5.23. The van der Waals surface area contributed by atoms with Crippen molar-refractivity contribution in [2.24, 2.45) is 4.99 Å². The van der Waals surface area contributed by atoms with Gasteiger partial charge in [-0.25, -0.2) is 4.79 Å². The number of nitro groups is 1. The van der Waals surface area contributed by atoms with Gasteiger partial charge in [-0.05, 0) is 17.9 Å². The third kappa shape index (κ3) is 4.32. The van der Waals surface area contributed by atoms with Crippen LogP contribution in [0.25, 0.3) is 11.1 Å². The summed E-state index contributed by atoms with van der Waals surface area (Å²) in [5.74, 6) is -0.858. The van der Waals surface area contributed by atoms with Crippen molar-refractivity contribution in [1.82, 2.24) is 4.90 Å². The number of rotatable bonds is 7. The van der Waals surface area contributed by atoms with Crippen molar-refractivity contribution in [2.45, 2.75) is 13.3 Å². The second-order valence-electron chi connectivity index (χ2n) is 6.65. The maximum atomic E-state index is 12.7.